The molecular weight excluding hydrogens is 827 g/mol. The van der Waals surface area contributed by atoms with Crippen molar-refractivity contribution in [3.05, 3.63) is 24.3 Å². The standard InChI is InChI=1S/C61H119NO5/c1-3-5-7-9-11-13-15-17-19-21-23-25-26-27-28-29-30-31-32-33-35-37-39-41-43-45-47-49-51-53-55-59(65)61(67)62-57(56-63)60(66)58(64)54-52-50-48-46-44-42-40-38-36-34-24-22-20-18-16-14-12-10-8-6-4-2/h23,25,27-28,57-60,63-66H,3-22,24,26,29-56H2,1-2H3,(H,62,67)/b25-23-,28-27-. The Hall–Kier alpha value is -1.21. The molecule has 0 aliphatic carbocycles. The van der Waals surface area contributed by atoms with Crippen LogP contribution < -0.4 is 5.32 Å². The van der Waals surface area contributed by atoms with E-state index in [1.54, 1.807) is 0 Å². The first-order valence-electron chi connectivity index (χ1n) is 30.2. The van der Waals surface area contributed by atoms with Gasteiger partial charge in [0.1, 0.15) is 12.2 Å². The van der Waals surface area contributed by atoms with Crippen LogP contribution in [0.3, 0.4) is 0 Å². The fraction of sp³-hybridized carbons (Fsp3) is 0.918. The van der Waals surface area contributed by atoms with Crippen LogP contribution in [-0.4, -0.2) is 57.3 Å². The van der Waals surface area contributed by atoms with Gasteiger partial charge in [-0.2, -0.15) is 0 Å². The number of carbonyl (C=O) groups is 1. The number of carbonyl (C=O) groups excluding carboxylic acids is 1. The second kappa shape index (κ2) is 55.7. The van der Waals surface area contributed by atoms with Crippen LogP contribution in [0, 0.1) is 0 Å². The van der Waals surface area contributed by atoms with E-state index in [-0.39, 0.29) is 0 Å². The molecule has 0 aromatic heterocycles. The van der Waals surface area contributed by atoms with Gasteiger partial charge in [-0.15, -0.1) is 0 Å². The zero-order valence-electron chi connectivity index (χ0n) is 45.2. The summed E-state index contributed by atoms with van der Waals surface area (Å²) in [5.74, 6) is -0.579. The minimum atomic E-state index is -1.26. The number of aliphatic hydroxyl groups excluding tert-OH is 4. The molecule has 67 heavy (non-hydrogen) atoms. The summed E-state index contributed by atoms with van der Waals surface area (Å²) < 4.78 is 0. The highest BCUT2D eigenvalue weighted by Crippen LogP contribution is 2.18. The fourth-order valence-corrected chi connectivity index (χ4v) is 9.67. The molecule has 0 rings (SSSR count). The zero-order chi connectivity index (χ0) is 48.8. The van der Waals surface area contributed by atoms with Crippen LogP contribution >= 0.6 is 0 Å². The van der Waals surface area contributed by atoms with Gasteiger partial charge in [0, 0.05) is 0 Å². The Morgan fingerprint density at radius 3 is 0.940 bits per heavy atom. The lowest BCUT2D eigenvalue weighted by Gasteiger charge is -2.27. The largest absolute Gasteiger partial charge is 0.394 e. The molecule has 1 amide bonds. The Labute approximate surface area is 418 Å². The van der Waals surface area contributed by atoms with Crippen molar-refractivity contribution in [2.75, 3.05) is 6.61 Å². The SMILES string of the molecule is CCCCCCCCCCC/C=C\C/C=C\CCCCCCCCCCCCCCCCC(O)C(=O)NC(CO)C(O)C(O)CCCCCCCCCCCCCCCCCCCCCCC. The lowest BCUT2D eigenvalue weighted by Crippen LogP contribution is -2.53. The van der Waals surface area contributed by atoms with Gasteiger partial charge in [0.05, 0.1) is 18.8 Å². The number of hydrogen-bond acceptors (Lipinski definition) is 5. The molecule has 0 fully saturated rings. The highest BCUT2D eigenvalue weighted by Gasteiger charge is 2.28. The van der Waals surface area contributed by atoms with Crippen molar-refractivity contribution in [1.29, 1.82) is 0 Å². The van der Waals surface area contributed by atoms with Crippen LogP contribution in [0.2, 0.25) is 0 Å². The molecule has 6 nitrogen and oxygen atoms in total. The summed E-state index contributed by atoms with van der Waals surface area (Å²) in [6.45, 7) is 4.09. The summed E-state index contributed by atoms with van der Waals surface area (Å²) in [7, 11) is 0. The van der Waals surface area contributed by atoms with Gasteiger partial charge in [0.2, 0.25) is 5.91 Å². The van der Waals surface area contributed by atoms with Crippen molar-refractivity contribution in [3.8, 4) is 0 Å². The van der Waals surface area contributed by atoms with E-state index >= 15 is 0 Å². The molecule has 0 aliphatic heterocycles. The van der Waals surface area contributed by atoms with Gasteiger partial charge in [-0.25, -0.2) is 0 Å². The minimum Gasteiger partial charge on any atom is -0.394 e. The summed E-state index contributed by atoms with van der Waals surface area (Å²) in [5.41, 5.74) is 0. The quantitative estimate of drug-likeness (QED) is 0.0308. The Morgan fingerprint density at radius 1 is 0.373 bits per heavy atom. The predicted molar refractivity (Wildman–Crippen MR) is 293 cm³/mol. The van der Waals surface area contributed by atoms with Gasteiger partial charge in [-0.3, -0.25) is 4.79 Å². The van der Waals surface area contributed by atoms with Crippen molar-refractivity contribution in [1.82, 2.24) is 5.32 Å². The fourth-order valence-electron chi connectivity index (χ4n) is 9.67. The smallest absolute Gasteiger partial charge is 0.249 e. The molecule has 0 heterocycles. The van der Waals surface area contributed by atoms with Crippen LogP contribution in [0.25, 0.3) is 0 Å². The molecular formula is C61H119NO5. The molecule has 0 aromatic carbocycles. The third kappa shape index (κ3) is 49.6. The topological polar surface area (TPSA) is 110 Å². The van der Waals surface area contributed by atoms with Gasteiger partial charge < -0.3 is 25.7 Å². The van der Waals surface area contributed by atoms with Crippen molar-refractivity contribution in [2.24, 2.45) is 0 Å². The maximum Gasteiger partial charge on any atom is 0.249 e. The van der Waals surface area contributed by atoms with Crippen molar-refractivity contribution in [3.63, 3.8) is 0 Å². The summed E-state index contributed by atoms with van der Waals surface area (Å²) in [6.07, 6.45) is 68.3. The van der Waals surface area contributed by atoms with E-state index in [4.69, 9.17) is 0 Å². The van der Waals surface area contributed by atoms with Gasteiger partial charge in [-0.1, -0.05) is 308 Å². The van der Waals surface area contributed by atoms with Gasteiger partial charge in [0.15, 0.2) is 0 Å². The van der Waals surface area contributed by atoms with E-state index in [2.05, 4.69) is 43.5 Å². The molecule has 5 N–H and O–H groups in total. The van der Waals surface area contributed by atoms with E-state index in [0.29, 0.717) is 12.8 Å². The summed E-state index contributed by atoms with van der Waals surface area (Å²) >= 11 is 0. The molecule has 0 saturated heterocycles. The number of hydrogen-bond donors (Lipinski definition) is 5. The number of allylic oxidation sites excluding steroid dienone is 4. The first kappa shape index (κ1) is 65.8. The molecule has 398 valence electrons. The monoisotopic (exact) mass is 946 g/mol. The highest BCUT2D eigenvalue weighted by atomic mass is 16.3. The third-order valence-corrected chi connectivity index (χ3v) is 14.4. The van der Waals surface area contributed by atoms with E-state index in [0.717, 1.165) is 44.9 Å². The number of rotatable bonds is 56. The second-order valence-electron chi connectivity index (χ2n) is 21.1. The van der Waals surface area contributed by atoms with Crippen LogP contribution in [0.5, 0.6) is 0 Å². The average Bonchev–Trinajstić information content (AvgIpc) is 3.33. The van der Waals surface area contributed by atoms with E-state index in [9.17, 15) is 25.2 Å². The summed E-state index contributed by atoms with van der Waals surface area (Å²) in [4.78, 5) is 12.6. The molecule has 0 bridgehead atoms. The first-order valence-corrected chi connectivity index (χ1v) is 30.2. The zero-order valence-corrected chi connectivity index (χ0v) is 45.2. The van der Waals surface area contributed by atoms with Gasteiger partial charge in [-0.05, 0) is 44.9 Å². The van der Waals surface area contributed by atoms with E-state index in [1.165, 1.54) is 257 Å². The lowest BCUT2D eigenvalue weighted by molar-refractivity contribution is -0.132. The second-order valence-corrected chi connectivity index (χ2v) is 21.1. The molecule has 0 saturated carbocycles. The molecule has 0 radical (unpaired) electrons. The molecule has 0 aromatic rings. The molecule has 0 spiro atoms. The van der Waals surface area contributed by atoms with Crippen LogP contribution in [-0.2, 0) is 4.79 Å². The van der Waals surface area contributed by atoms with E-state index < -0.39 is 36.9 Å². The van der Waals surface area contributed by atoms with E-state index in [1.807, 2.05) is 0 Å². The normalized spacial score (nSPS) is 13.8. The van der Waals surface area contributed by atoms with Crippen molar-refractivity contribution in [2.45, 2.75) is 353 Å². The van der Waals surface area contributed by atoms with Crippen LogP contribution in [0.1, 0.15) is 328 Å². The number of amides is 1. The summed E-state index contributed by atoms with van der Waals surface area (Å²) in [5, 5.41) is 44.1. The van der Waals surface area contributed by atoms with Crippen molar-refractivity contribution < 1.29 is 25.2 Å². The lowest BCUT2D eigenvalue weighted by atomic mass is 9.99. The molecule has 6 heteroatoms. The van der Waals surface area contributed by atoms with Crippen LogP contribution in [0.15, 0.2) is 24.3 Å². The van der Waals surface area contributed by atoms with Crippen LogP contribution in [0.4, 0.5) is 0 Å². The number of nitrogens with one attached hydrogen (secondary N) is 1. The predicted octanol–water partition coefficient (Wildman–Crippen LogP) is 17.8. The Bertz CT molecular complexity index is 1020. The Kier molecular flexibility index (Phi) is 54.7. The van der Waals surface area contributed by atoms with Crippen molar-refractivity contribution >= 4 is 5.91 Å². The minimum absolute atomic E-state index is 0.371. The highest BCUT2D eigenvalue weighted by molar-refractivity contribution is 5.80. The van der Waals surface area contributed by atoms with Gasteiger partial charge in [0.25, 0.3) is 0 Å². The molecule has 0 aliphatic rings. The Morgan fingerprint density at radius 2 is 0.642 bits per heavy atom. The molecule has 4 atom stereocenters. The third-order valence-electron chi connectivity index (χ3n) is 14.4. The summed E-state index contributed by atoms with van der Waals surface area (Å²) in [6, 6.07) is -0.985. The number of unbranched alkanes of at least 4 members (excludes halogenated alkanes) is 43. The van der Waals surface area contributed by atoms with Gasteiger partial charge >= 0.3 is 0 Å². The maximum absolute atomic E-state index is 12.6. The first-order chi connectivity index (χ1) is 33.0. The molecule has 4 unspecified atom stereocenters. The average molecular weight is 947 g/mol. The maximum atomic E-state index is 12.6. The number of aliphatic hydroxyl groups is 4. The Balaban J connectivity index is 3.59.